The number of carbonyl (C=O) groups excluding carboxylic acids is 2. The third-order valence-electron chi connectivity index (χ3n) is 3.97. The Morgan fingerprint density at radius 3 is 2.86 bits per heavy atom. The Bertz CT molecular complexity index is 494. The second-order valence-electron chi connectivity index (χ2n) is 5.59. The van der Waals surface area contributed by atoms with Crippen LogP contribution in [-0.4, -0.2) is 30.1 Å². The number of nitrogens with one attached hydrogen (secondary N) is 2. The van der Waals surface area contributed by atoms with Crippen molar-refractivity contribution in [3.05, 3.63) is 17.5 Å². The van der Waals surface area contributed by atoms with Gasteiger partial charge in [-0.15, -0.1) is 0 Å². The Morgan fingerprint density at radius 1 is 1.52 bits per heavy atom. The Balaban J connectivity index is 1.74. The minimum Gasteiger partial charge on any atom is -0.364 e. The van der Waals surface area contributed by atoms with Gasteiger partial charge in [-0.3, -0.25) is 9.59 Å². The van der Waals surface area contributed by atoms with Gasteiger partial charge in [0, 0.05) is 12.5 Å². The summed E-state index contributed by atoms with van der Waals surface area (Å²) in [4.78, 5) is 22.8. The number of amides is 2. The maximum absolute atomic E-state index is 11.9. The molecule has 0 aliphatic carbocycles. The fourth-order valence-electron chi connectivity index (χ4n) is 2.64. The Kier molecular flexibility index (Phi) is 5.32. The van der Waals surface area contributed by atoms with E-state index in [1.807, 2.05) is 0 Å². The van der Waals surface area contributed by atoms with Crippen molar-refractivity contribution >= 4 is 11.8 Å². The second kappa shape index (κ2) is 7.21. The van der Waals surface area contributed by atoms with Crippen molar-refractivity contribution in [3.8, 4) is 0 Å². The fraction of sp³-hybridized carbons (Fsp3) is 0.643. The van der Waals surface area contributed by atoms with Gasteiger partial charge in [-0.1, -0.05) is 12.1 Å². The summed E-state index contributed by atoms with van der Waals surface area (Å²) in [5.41, 5.74) is 5.15. The van der Waals surface area contributed by atoms with Gasteiger partial charge in [0.1, 0.15) is 0 Å². The molecular formula is C14H22N4O3. The minimum absolute atomic E-state index is 0.0157. The zero-order chi connectivity index (χ0) is 15.2. The molecule has 1 unspecified atom stereocenters. The van der Waals surface area contributed by atoms with E-state index in [1.54, 1.807) is 0 Å². The number of rotatable bonds is 6. The normalized spacial score (nSPS) is 17.4. The molecule has 7 nitrogen and oxygen atoms in total. The predicted molar refractivity (Wildman–Crippen MR) is 76.2 cm³/mol. The first kappa shape index (κ1) is 15.5. The summed E-state index contributed by atoms with van der Waals surface area (Å²) < 4.78 is 4.92. The number of nitrogens with two attached hydrogens (primary N) is 1. The largest absolute Gasteiger partial charge is 0.364 e. The van der Waals surface area contributed by atoms with Gasteiger partial charge in [0.2, 0.25) is 5.91 Å². The van der Waals surface area contributed by atoms with Gasteiger partial charge >= 0.3 is 0 Å². The molecule has 1 fully saturated rings. The number of hydrogen-bond acceptors (Lipinski definition) is 5. The third-order valence-corrected chi connectivity index (χ3v) is 3.97. The topological polar surface area (TPSA) is 110 Å². The summed E-state index contributed by atoms with van der Waals surface area (Å²) in [7, 11) is 0. The molecule has 0 aromatic carbocycles. The van der Waals surface area contributed by atoms with Gasteiger partial charge in [-0.25, -0.2) is 0 Å². The van der Waals surface area contributed by atoms with Crippen LogP contribution in [0.2, 0.25) is 0 Å². The van der Waals surface area contributed by atoms with Crippen LogP contribution < -0.4 is 16.4 Å². The zero-order valence-electron chi connectivity index (χ0n) is 12.2. The molecule has 1 atom stereocenters. The molecule has 2 heterocycles. The van der Waals surface area contributed by atoms with Gasteiger partial charge in [0.05, 0.1) is 6.54 Å². The van der Waals surface area contributed by atoms with Gasteiger partial charge in [0.25, 0.3) is 5.91 Å². The molecule has 2 amide bonds. The average Bonchev–Trinajstić information content (AvgIpc) is 2.95. The average molecular weight is 294 g/mol. The first-order chi connectivity index (χ1) is 10.1. The number of primary amides is 1. The first-order valence-electron chi connectivity index (χ1n) is 7.29. The van der Waals surface area contributed by atoms with Gasteiger partial charge in [0.15, 0.2) is 11.5 Å². The van der Waals surface area contributed by atoms with E-state index in [1.165, 1.54) is 6.07 Å². The highest BCUT2D eigenvalue weighted by Crippen LogP contribution is 2.24. The molecule has 116 valence electrons. The Morgan fingerprint density at radius 2 is 2.24 bits per heavy atom. The maximum atomic E-state index is 11.9. The van der Waals surface area contributed by atoms with Crippen LogP contribution in [0.4, 0.5) is 0 Å². The first-order valence-corrected chi connectivity index (χ1v) is 7.29. The molecule has 1 aliphatic heterocycles. The quantitative estimate of drug-likeness (QED) is 0.704. The summed E-state index contributed by atoms with van der Waals surface area (Å²) in [6.45, 7) is 4.41. The lowest BCUT2D eigenvalue weighted by molar-refractivity contribution is -0.122. The standard InChI is InChI=1S/C14H22N4O3/c1-9(10-2-4-16-5-3-10)6-13(19)17-8-11-7-12(14(15)20)18-21-11/h7,9-10,16H,2-6,8H2,1H3,(H2,15,20)(H,17,19). The van der Waals surface area contributed by atoms with E-state index >= 15 is 0 Å². The van der Waals surface area contributed by atoms with E-state index in [4.69, 9.17) is 10.3 Å². The molecule has 1 saturated heterocycles. The number of nitrogens with zero attached hydrogens (tertiary/aromatic N) is 1. The van der Waals surface area contributed by atoms with Gasteiger partial charge in [-0.2, -0.15) is 0 Å². The predicted octanol–water partition coefficient (Wildman–Crippen LogP) is 0.416. The van der Waals surface area contributed by atoms with Crippen molar-refractivity contribution in [2.24, 2.45) is 17.6 Å². The van der Waals surface area contributed by atoms with Crippen molar-refractivity contribution in [3.63, 3.8) is 0 Å². The van der Waals surface area contributed by atoms with Crippen LogP contribution in [0.25, 0.3) is 0 Å². The molecule has 4 N–H and O–H groups in total. The van der Waals surface area contributed by atoms with Crippen LogP contribution >= 0.6 is 0 Å². The maximum Gasteiger partial charge on any atom is 0.270 e. The molecule has 0 saturated carbocycles. The number of piperidine rings is 1. The fourth-order valence-corrected chi connectivity index (χ4v) is 2.64. The molecule has 0 radical (unpaired) electrons. The van der Waals surface area contributed by atoms with E-state index in [0.717, 1.165) is 25.9 Å². The highest BCUT2D eigenvalue weighted by atomic mass is 16.5. The molecule has 0 bridgehead atoms. The highest BCUT2D eigenvalue weighted by molar-refractivity contribution is 5.90. The molecule has 7 heteroatoms. The van der Waals surface area contributed by atoms with E-state index < -0.39 is 5.91 Å². The minimum atomic E-state index is -0.643. The van der Waals surface area contributed by atoms with Crippen molar-refractivity contribution in [1.82, 2.24) is 15.8 Å². The van der Waals surface area contributed by atoms with Crippen LogP contribution in [0.3, 0.4) is 0 Å². The second-order valence-corrected chi connectivity index (χ2v) is 5.59. The van der Waals surface area contributed by atoms with Crippen LogP contribution in [-0.2, 0) is 11.3 Å². The molecular weight excluding hydrogens is 272 g/mol. The summed E-state index contributed by atoms with van der Waals surface area (Å²) >= 11 is 0. The third kappa shape index (κ3) is 4.56. The van der Waals surface area contributed by atoms with Crippen molar-refractivity contribution in [1.29, 1.82) is 0 Å². The van der Waals surface area contributed by atoms with Crippen molar-refractivity contribution in [2.45, 2.75) is 32.7 Å². The number of aromatic nitrogens is 1. The summed E-state index contributed by atoms with van der Waals surface area (Å²) in [6, 6.07) is 1.44. The highest BCUT2D eigenvalue weighted by Gasteiger charge is 2.22. The lowest BCUT2D eigenvalue weighted by atomic mass is 9.84. The molecule has 1 aromatic rings. The van der Waals surface area contributed by atoms with Crippen LogP contribution in [0.15, 0.2) is 10.6 Å². The molecule has 0 spiro atoms. The molecule has 2 rings (SSSR count). The zero-order valence-corrected chi connectivity index (χ0v) is 12.2. The van der Waals surface area contributed by atoms with Gasteiger partial charge < -0.3 is 20.9 Å². The lowest BCUT2D eigenvalue weighted by Gasteiger charge is -2.27. The van der Waals surface area contributed by atoms with Crippen molar-refractivity contribution in [2.75, 3.05) is 13.1 Å². The number of carbonyl (C=O) groups is 2. The Hall–Kier alpha value is -1.89. The van der Waals surface area contributed by atoms with E-state index in [0.29, 0.717) is 24.0 Å². The van der Waals surface area contributed by atoms with Crippen LogP contribution in [0, 0.1) is 11.8 Å². The van der Waals surface area contributed by atoms with E-state index in [2.05, 4.69) is 22.7 Å². The summed E-state index contributed by atoms with van der Waals surface area (Å²) in [6.07, 6.45) is 2.75. The smallest absolute Gasteiger partial charge is 0.270 e. The van der Waals surface area contributed by atoms with Crippen LogP contribution in [0.5, 0.6) is 0 Å². The molecule has 1 aromatic heterocycles. The summed E-state index contributed by atoms with van der Waals surface area (Å²) in [5.74, 6) is 0.729. The van der Waals surface area contributed by atoms with Gasteiger partial charge in [-0.05, 0) is 37.8 Å². The number of hydrogen-bond donors (Lipinski definition) is 3. The monoisotopic (exact) mass is 294 g/mol. The Labute approximate surface area is 123 Å². The SMILES string of the molecule is CC(CC(=O)NCc1cc(C(N)=O)no1)C1CCNCC1. The lowest BCUT2D eigenvalue weighted by Crippen LogP contribution is -2.33. The van der Waals surface area contributed by atoms with Crippen LogP contribution in [0.1, 0.15) is 42.4 Å². The van der Waals surface area contributed by atoms with E-state index in [-0.39, 0.29) is 18.1 Å². The van der Waals surface area contributed by atoms with Crippen molar-refractivity contribution < 1.29 is 14.1 Å². The molecule has 21 heavy (non-hydrogen) atoms. The van der Waals surface area contributed by atoms with E-state index in [9.17, 15) is 9.59 Å². The molecule has 1 aliphatic rings. The summed E-state index contributed by atoms with van der Waals surface area (Å²) in [5, 5.41) is 9.62.